The van der Waals surface area contributed by atoms with Crippen LogP contribution in [0.1, 0.15) is 25.0 Å². The second kappa shape index (κ2) is 7.33. The lowest BCUT2D eigenvalue weighted by Gasteiger charge is -2.11. The van der Waals surface area contributed by atoms with Crippen LogP contribution < -0.4 is 10.2 Å². The van der Waals surface area contributed by atoms with Crippen LogP contribution in [0, 0.1) is 0 Å². The lowest BCUT2D eigenvalue weighted by atomic mass is 10.1. The molecule has 0 spiro atoms. The molecule has 0 bridgehead atoms. The zero-order chi connectivity index (χ0) is 15.1. The monoisotopic (exact) mass is 284 g/mol. The van der Waals surface area contributed by atoms with Crippen molar-refractivity contribution in [3.8, 4) is 11.5 Å². The average Bonchev–Trinajstić information content (AvgIpc) is 2.48. The molecule has 0 unspecified atom stereocenters. The van der Waals surface area contributed by atoms with Gasteiger partial charge in [-0.15, -0.1) is 0 Å². The third kappa shape index (κ3) is 3.99. The number of hydrazone groups is 1. The maximum absolute atomic E-state index is 10.0. The highest BCUT2D eigenvalue weighted by atomic mass is 16.5. The van der Waals surface area contributed by atoms with Crippen LogP contribution in [0.3, 0.4) is 0 Å². The zero-order valence-corrected chi connectivity index (χ0v) is 12.3. The summed E-state index contributed by atoms with van der Waals surface area (Å²) in [5.74, 6) is 0.809. The van der Waals surface area contributed by atoms with Gasteiger partial charge in [0.05, 0.1) is 24.4 Å². The maximum atomic E-state index is 10.0. The molecule has 0 aromatic heterocycles. The van der Waals surface area contributed by atoms with Crippen molar-refractivity contribution in [1.29, 1.82) is 0 Å². The molecule has 0 fully saturated rings. The van der Waals surface area contributed by atoms with E-state index in [2.05, 4.69) is 10.5 Å². The molecule has 2 rings (SSSR count). The number of benzene rings is 2. The number of ether oxygens (including phenoxy) is 1. The van der Waals surface area contributed by atoms with Gasteiger partial charge in [0.25, 0.3) is 0 Å². The zero-order valence-electron chi connectivity index (χ0n) is 12.3. The number of nitrogens with zero attached hydrogens (tertiary/aromatic N) is 1. The molecule has 4 heteroatoms. The molecule has 0 aliphatic heterocycles. The Labute approximate surface area is 125 Å². The number of phenols is 1. The standard InChI is InChI=1S/C17H20N2O2/c1-3-21-16-11-7-10-15(20)17(16)13(2)19-18-12-14-8-5-4-6-9-14/h4-11,18,20H,3,12H2,1-2H3/b19-13-. The van der Waals surface area contributed by atoms with E-state index in [-0.39, 0.29) is 5.75 Å². The summed E-state index contributed by atoms with van der Waals surface area (Å²) >= 11 is 0. The molecule has 110 valence electrons. The topological polar surface area (TPSA) is 53.9 Å². The summed E-state index contributed by atoms with van der Waals surface area (Å²) in [5.41, 5.74) is 5.48. The van der Waals surface area contributed by atoms with Crippen molar-refractivity contribution in [1.82, 2.24) is 5.43 Å². The first-order valence-electron chi connectivity index (χ1n) is 6.98. The van der Waals surface area contributed by atoms with Crippen LogP contribution in [0.15, 0.2) is 53.6 Å². The third-order valence-electron chi connectivity index (χ3n) is 3.04. The van der Waals surface area contributed by atoms with Crippen molar-refractivity contribution < 1.29 is 9.84 Å². The molecular formula is C17H20N2O2. The SMILES string of the molecule is CCOc1cccc(O)c1/C(C)=N\NCc1ccccc1. The van der Waals surface area contributed by atoms with Gasteiger partial charge in [-0.25, -0.2) is 0 Å². The molecule has 0 amide bonds. The number of hydrogen-bond acceptors (Lipinski definition) is 4. The van der Waals surface area contributed by atoms with Gasteiger partial charge < -0.3 is 15.3 Å². The predicted octanol–water partition coefficient (Wildman–Crippen LogP) is 3.30. The Morgan fingerprint density at radius 1 is 1.14 bits per heavy atom. The van der Waals surface area contributed by atoms with Crippen molar-refractivity contribution in [2.75, 3.05) is 6.61 Å². The average molecular weight is 284 g/mol. The fourth-order valence-electron chi connectivity index (χ4n) is 2.06. The minimum atomic E-state index is 0.170. The molecule has 0 heterocycles. The number of phenolic OH excluding ortho intramolecular Hbond substituents is 1. The molecule has 0 aliphatic carbocycles. The molecule has 0 atom stereocenters. The van der Waals surface area contributed by atoms with Gasteiger partial charge >= 0.3 is 0 Å². The Morgan fingerprint density at radius 3 is 2.62 bits per heavy atom. The van der Waals surface area contributed by atoms with E-state index in [1.165, 1.54) is 0 Å². The molecule has 2 aromatic rings. The molecular weight excluding hydrogens is 264 g/mol. The van der Waals surface area contributed by atoms with Crippen LogP contribution in [-0.2, 0) is 6.54 Å². The van der Waals surface area contributed by atoms with Gasteiger partial charge in [-0.1, -0.05) is 36.4 Å². The summed E-state index contributed by atoms with van der Waals surface area (Å²) in [7, 11) is 0. The van der Waals surface area contributed by atoms with Gasteiger partial charge in [0.15, 0.2) is 0 Å². The molecule has 0 radical (unpaired) electrons. The van der Waals surface area contributed by atoms with E-state index >= 15 is 0 Å². The van der Waals surface area contributed by atoms with Crippen LogP contribution in [0.5, 0.6) is 11.5 Å². The fraction of sp³-hybridized carbons (Fsp3) is 0.235. The van der Waals surface area contributed by atoms with E-state index in [0.717, 1.165) is 5.56 Å². The highest BCUT2D eigenvalue weighted by Crippen LogP contribution is 2.28. The second-order valence-corrected chi connectivity index (χ2v) is 4.60. The van der Waals surface area contributed by atoms with Crippen LogP contribution in [0.25, 0.3) is 0 Å². The van der Waals surface area contributed by atoms with Gasteiger partial charge in [0.1, 0.15) is 11.5 Å². The molecule has 2 aromatic carbocycles. The summed E-state index contributed by atoms with van der Waals surface area (Å²) in [6.45, 7) is 4.93. The first kappa shape index (κ1) is 14.9. The van der Waals surface area contributed by atoms with E-state index in [9.17, 15) is 5.11 Å². The van der Waals surface area contributed by atoms with Crippen LogP contribution in [0.2, 0.25) is 0 Å². The van der Waals surface area contributed by atoms with E-state index < -0.39 is 0 Å². The molecule has 2 N–H and O–H groups in total. The van der Waals surface area contributed by atoms with Crippen molar-refractivity contribution >= 4 is 5.71 Å². The van der Waals surface area contributed by atoms with E-state index in [1.54, 1.807) is 12.1 Å². The quantitative estimate of drug-likeness (QED) is 0.632. The second-order valence-electron chi connectivity index (χ2n) is 4.60. The van der Waals surface area contributed by atoms with Gasteiger partial charge in [0, 0.05) is 0 Å². The molecule has 4 nitrogen and oxygen atoms in total. The van der Waals surface area contributed by atoms with Gasteiger partial charge in [0.2, 0.25) is 0 Å². The lowest BCUT2D eigenvalue weighted by molar-refractivity contribution is 0.337. The number of hydrogen-bond donors (Lipinski definition) is 2. The summed E-state index contributed by atoms with van der Waals surface area (Å²) < 4.78 is 5.53. The Bertz CT molecular complexity index is 609. The smallest absolute Gasteiger partial charge is 0.132 e. The van der Waals surface area contributed by atoms with Crippen molar-refractivity contribution in [2.45, 2.75) is 20.4 Å². The minimum Gasteiger partial charge on any atom is -0.507 e. The van der Waals surface area contributed by atoms with Gasteiger partial charge in [-0.05, 0) is 31.5 Å². The summed E-state index contributed by atoms with van der Waals surface area (Å²) in [5, 5.41) is 14.3. The largest absolute Gasteiger partial charge is 0.507 e. The normalized spacial score (nSPS) is 11.2. The molecule has 21 heavy (non-hydrogen) atoms. The fourth-order valence-corrected chi connectivity index (χ4v) is 2.06. The minimum absolute atomic E-state index is 0.170. The van der Waals surface area contributed by atoms with Crippen LogP contribution >= 0.6 is 0 Å². The summed E-state index contributed by atoms with van der Waals surface area (Å²) in [6, 6.07) is 15.2. The van der Waals surface area contributed by atoms with Gasteiger partial charge in [-0.3, -0.25) is 0 Å². The summed E-state index contributed by atoms with van der Waals surface area (Å²) in [6.07, 6.45) is 0. The Kier molecular flexibility index (Phi) is 5.21. The Balaban J connectivity index is 2.12. The van der Waals surface area contributed by atoms with E-state index in [0.29, 0.717) is 30.2 Å². The molecule has 0 saturated carbocycles. The first-order chi connectivity index (χ1) is 10.2. The number of nitrogens with one attached hydrogen (secondary N) is 1. The lowest BCUT2D eigenvalue weighted by Crippen LogP contribution is -2.10. The maximum Gasteiger partial charge on any atom is 0.132 e. The van der Waals surface area contributed by atoms with Crippen LogP contribution in [0.4, 0.5) is 0 Å². The summed E-state index contributed by atoms with van der Waals surface area (Å²) in [4.78, 5) is 0. The van der Waals surface area contributed by atoms with E-state index in [4.69, 9.17) is 4.74 Å². The highest BCUT2D eigenvalue weighted by molar-refractivity contribution is 6.03. The third-order valence-corrected chi connectivity index (χ3v) is 3.04. The predicted molar refractivity (Wildman–Crippen MR) is 84.8 cm³/mol. The molecule has 0 aliphatic rings. The Morgan fingerprint density at radius 2 is 1.90 bits per heavy atom. The first-order valence-corrected chi connectivity index (χ1v) is 6.98. The molecule has 0 saturated heterocycles. The van der Waals surface area contributed by atoms with Gasteiger partial charge in [-0.2, -0.15) is 5.10 Å². The number of aromatic hydroxyl groups is 1. The van der Waals surface area contributed by atoms with Crippen LogP contribution in [-0.4, -0.2) is 17.4 Å². The highest BCUT2D eigenvalue weighted by Gasteiger charge is 2.11. The Hall–Kier alpha value is -2.49. The van der Waals surface area contributed by atoms with E-state index in [1.807, 2.05) is 50.2 Å². The van der Waals surface area contributed by atoms with Crippen molar-refractivity contribution in [3.05, 3.63) is 59.7 Å². The van der Waals surface area contributed by atoms with Crippen molar-refractivity contribution in [2.24, 2.45) is 5.10 Å². The number of rotatable bonds is 6. The van der Waals surface area contributed by atoms with Crippen molar-refractivity contribution in [3.63, 3.8) is 0 Å².